The number of sulfone groups is 1. The summed E-state index contributed by atoms with van der Waals surface area (Å²) >= 11 is 0. The van der Waals surface area contributed by atoms with Gasteiger partial charge >= 0.3 is 0 Å². The molecule has 0 amide bonds. The maximum Gasteiger partial charge on any atom is 0.178 e. The molecule has 1 N–H and O–H groups in total. The summed E-state index contributed by atoms with van der Waals surface area (Å²) in [6, 6.07) is -0.0690. The van der Waals surface area contributed by atoms with Gasteiger partial charge in [0.25, 0.3) is 0 Å². The fraction of sp³-hybridized carbons (Fsp3) is 0.667. The van der Waals surface area contributed by atoms with Gasteiger partial charge < -0.3 is 5.11 Å². The lowest BCUT2D eigenvalue weighted by Crippen LogP contribution is -2.18. The van der Waals surface area contributed by atoms with E-state index in [2.05, 4.69) is 5.10 Å². The van der Waals surface area contributed by atoms with Gasteiger partial charge in [-0.2, -0.15) is 5.10 Å². The van der Waals surface area contributed by atoms with E-state index < -0.39 is 15.9 Å². The Bertz CT molecular complexity index is 452. The topological polar surface area (TPSA) is 72.2 Å². The molecule has 1 aromatic heterocycles. The van der Waals surface area contributed by atoms with E-state index in [9.17, 15) is 13.5 Å². The quantitative estimate of drug-likeness (QED) is 0.797. The number of hydrogen-bond acceptors (Lipinski definition) is 4. The van der Waals surface area contributed by atoms with Crippen LogP contribution >= 0.6 is 0 Å². The van der Waals surface area contributed by atoms with Crippen LogP contribution in [-0.4, -0.2) is 35.7 Å². The summed E-state index contributed by atoms with van der Waals surface area (Å²) in [5.41, 5.74) is 0. The van der Waals surface area contributed by atoms with Crippen molar-refractivity contribution in [2.75, 3.05) is 6.26 Å². The summed E-state index contributed by atoms with van der Waals surface area (Å²) in [6.45, 7) is 0. The van der Waals surface area contributed by atoms with Crippen LogP contribution < -0.4 is 0 Å². The lowest BCUT2D eigenvalue weighted by Gasteiger charge is -2.14. The second kappa shape index (κ2) is 3.61. The molecule has 0 aliphatic heterocycles. The van der Waals surface area contributed by atoms with E-state index in [-0.39, 0.29) is 10.9 Å². The van der Waals surface area contributed by atoms with E-state index in [4.69, 9.17) is 0 Å². The zero-order chi connectivity index (χ0) is 11.1. The van der Waals surface area contributed by atoms with Crippen molar-refractivity contribution in [1.29, 1.82) is 0 Å². The fourth-order valence-corrected chi connectivity index (χ4v) is 2.46. The van der Waals surface area contributed by atoms with Gasteiger partial charge in [-0.25, -0.2) is 8.42 Å². The van der Waals surface area contributed by atoms with Crippen LogP contribution in [0.5, 0.6) is 0 Å². The molecule has 0 saturated heterocycles. The first-order chi connectivity index (χ1) is 6.98. The van der Waals surface area contributed by atoms with Gasteiger partial charge in [-0.3, -0.25) is 4.68 Å². The third kappa shape index (κ3) is 2.05. The van der Waals surface area contributed by atoms with Crippen LogP contribution in [0.25, 0.3) is 0 Å². The largest absolute Gasteiger partial charge is 0.391 e. The maximum atomic E-state index is 11.2. The lowest BCUT2D eigenvalue weighted by molar-refractivity contribution is 0.130. The highest BCUT2D eigenvalue weighted by molar-refractivity contribution is 7.90. The first-order valence-corrected chi connectivity index (χ1v) is 6.80. The van der Waals surface area contributed by atoms with Gasteiger partial charge in [0.2, 0.25) is 0 Å². The number of rotatable bonds is 2. The summed E-state index contributed by atoms with van der Waals surface area (Å²) in [7, 11) is -3.19. The van der Waals surface area contributed by atoms with Crippen LogP contribution in [0.1, 0.15) is 25.3 Å². The lowest BCUT2D eigenvalue weighted by atomic mass is 10.2. The molecule has 0 radical (unpaired) electrons. The standard InChI is InChI=1S/C9H14N2O3S/c1-15(13,14)7-5-10-11(6-7)8-3-2-4-9(8)12/h5-6,8-9,12H,2-4H2,1H3. The van der Waals surface area contributed by atoms with Gasteiger partial charge in [-0.15, -0.1) is 0 Å². The predicted octanol–water partition coefficient (Wildman–Crippen LogP) is 0.373. The molecule has 0 aromatic carbocycles. The van der Waals surface area contributed by atoms with Gasteiger partial charge in [-0.05, 0) is 19.3 Å². The molecule has 1 aliphatic rings. The van der Waals surface area contributed by atoms with Crippen molar-refractivity contribution in [2.45, 2.75) is 36.3 Å². The highest BCUT2D eigenvalue weighted by Gasteiger charge is 2.27. The van der Waals surface area contributed by atoms with Gasteiger partial charge in [0, 0.05) is 12.5 Å². The molecule has 1 heterocycles. The summed E-state index contributed by atoms with van der Waals surface area (Å²) in [5.74, 6) is 0. The number of nitrogens with zero attached hydrogens (tertiary/aromatic N) is 2. The third-order valence-corrected chi connectivity index (χ3v) is 3.86. The van der Waals surface area contributed by atoms with Crippen molar-refractivity contribution in [3.63, 3.8) is 0 Å². The SMILES string of the molecule is CS(=O)(=O)c1cnn(C2CCCC2O)c1. The minimum Gasteiger partial charge on any atom is -0.391 e. The van der Waals surface area contributed by atoms with Crippen LogP contribution in [0.4, 0.5) is 0 Å². The Labute approximate surface area is 88.6 Å². The average molecular weight is 230 g/mol. The monoisotopic (exact) mass is 230 g/mol. The molecule has 15 heavy (non-hydrogen) atoms. The molecule has 6 heteroatoms. The maximum absolute atomic E-state index is 11.2. The van der Waals surface area contributed by atoms with Crippen molar-refractivity contribution in [2.24, 2.45) is 0 Å². The second-order valence-corrected chi connectivity index (χ2v) is 6.01. The predicted molar refractivity (Wildman–Crippen MR) is 54.2 cm³/mol. The molecule has 2 atom stereocenters. The highest BCUT2D eigenvalue weighted by Crippen LogP contribution is 2.29. The first-order valence-electron chi connectivity index (χ1n) is 4.91. The molecule has 1 aromatic rings. The molecule has 84 valence electrons. The zero-order valence-electron chi connectivity index (χ0n) is 8.50. The molecule has 1 saturated carbocycles. The Morgan fingerprint density at radius 2 is 2.27 bits per heavy atom. The van der Waals surface area contributed by atoms with Crippen LogP contribution in [0.2, 0.25) is 0 Å². The molecule has 0 spiro atoms. The third-order valence-electron chi connectivity index (χ3n) is 2.79. The van der Waals surface area contributed by atoms with E-state index in [1.54, 1.807) is 4.68 Å². The number of hydrogen-bond donors (Lipinski definition) is 1. The van der Waals surface area contributed by atoms with Gasteiger partial charge in [0.05, 0.1) is 18.3 Å². The van der Waals surface area contributed by atoms with Crippen molar-refractivity contribution >= 4 is 9.84 Å². The summed E-state index contributed by atoms with van der Waals surface area (Å²) < 4.78 is 24.0. The van der Waals surface area contributed by atoms with Crippen LogP contribution in [0, 0.1) is 0 Å². The van der Waals surface area contributed by atoms with E-state index in [0.717, 1.165) is 25.5 Å². The van der Waals surface area contributed by atoms with Gasteiger partial charge in [0.15, 0.2) is 9.84 Å². The summed E-state index contributed by atoms with van der Waals surface area (Å²) in [5, 5.41) is 13.6. The zero-order valence-corrected chi connectivity index (χ0v) is 9.31. The first kappa shape index (κ1) is 10.6. The minimum absolute atomic E-state index is 0.0690. The smallest absolute Gasteiger partial charge is 0.178 e. The Balaban J connectivity index is 2.28. The molecule has 1 aliphatic carbocycles. The van der Waals surface area contributed by atoms with E-state index in [1.165, 1.54) is 12.4 Å². The molecular weight excluding hydrogens is 216 g/mol. The van der Waals surface area contributed by atoms with E-state index in [1.807, 2.05) is 0 Å². The Kier molecular flexibility index (Phi) is 2.56. The van der Waals surface area contributed by atoms with Gasteiger partial charge in [-0.1, -0.05) is 0 Å². The second-order valence-electron chi connectivity index (χ2n) is 3.99. The Hall–Kier alpha value is -0.880. The fourth-order valence-electron chi connectivity index (χ4n) is 1.92. The molecular formula is C9H14N2O3S. The van der Waals surface area contributed by atoms with Crippen molar-refractivity contribution in [1.82, 2.24) is 9.78 Å². The highest BCUT2D eigenvalue weighted by atomic mass is 32.2. The Morgan fingerprint density at radius 3 is 2.73 bits per heavy atom. The number of aromatic nitrogens is 2. The van der Waals surface area contributed by atoms with Crippen LogP contribution in [0.15, 0.2) is 17.3 Å². The molecule has 2 unspecified atom stereocenters. The molecule has 5 nitrogen and oxygen atoms in total. The Morgan fingerprint density at radius 1 is 1.53 bits per heavy atom. The number of aliphatic hydroxyl groups is 1. The van der Waals surface area contributed by atoms with Crippen molar-refractivity contribution < 1.29 is 13.5 Å². The summed E-state index contributed by atoms with van der Waals surface area (Å²) in [4.78, 5) is 0.210. The molecule has 0 bridgehead atoms. The van der Waals surface area contributed by atoms with Gasteiger partial charge in [0.1, 0.15) is 4.90 Å². The van der Waals surface area contributed by atoms with Crippen LogP contribution in [0.3, 0.4) is 0 Å². The number of aliphatic hydroxyl groups excluding tert-OH is 1. The molecule has 1 fully saturated rings. The van der Waals surface area contributed by atoms with E-state index in [0.29, 0.717) is 0 Å². The van der Waals surface area contributed by atoms with Crippen molar-refractivity contribution in [3.05, 3.63) is 12.4 Å². The average Bonchev–Trinajstić information content (AvgIpc) is 2.69. The molecule has 2 rings (SSSR count). The van der Waals surface area contributed by atoms with E-state index >= 15 is 0 Å². The van der Waals surface area contributed by atoms with Crippen molar-refractivity contribution in [3.8, 4) is 0 Å². The summed E-state index contributed by atoms with van der Waals surface area (Å²) in [6.07, 6.45) is 6.15. The minimum atomic E-state index is -3.19. The van der Waals surface area contributed by atoms with Crippen LogP contribution in [-0.2, 0) is 9.84 Å². The normalized spacial score (nSPS) is 27.1.